The second-order valence-corrected chi connectivity index (χ2v) is 5.79. The van der Waals surface area contributed by atoms with Crippen LogP contribution in [0.1, 0.15) is 15.9 Å². The molecular formula is C17H10BrFN2O3. The van der Waals surface area contributed by atoms with Crippen LogP contribution in [0, 0.1) is 5.82 Å². The number of amides is 1. The Bertz CT molecular complexity index is 1010. The number of halogens is 2. The van der Waals surface area contributed by atoms with Crippen molar-refractivity contribution in [1.29, 1.82) is 0 Å². The molecule has 120 valence electrons. The molecule has 1 amide bonds. The zero-order valence-electron chi connectivity index (χ0n) is 12.1. The molecule has 24 heavy (non-hydrogen) atoms. The summed E-state index contributed by atoms with van der Waals surface area (Å²) < 4.78 is 19.3. The summed E-state index contributed by atoms with van der Waals surface area (Å²) in [7, 11) is 0. The Balaban J connectivity index is 1.82. The van der Waals surface area contributed by atoms with E-state index in [1.807, 2.05) is 0 Å². The van der Waals surface area contributed by atoms with Gasteiger partial charge in [-0.2, -0.15) is 5.10 Å². The lowest BCUT2D eigenvalue weighted by atomic mass is 10.2. The van der Waals surface area contributed by atoms with Crippen LogP contribution in [0.4, 0.5) is 4.39 Å². The largest absolute Gasteiger partial charge is 0.463 e. The van der Waals surface area contributed by atoms with Crippen LogP contribution in [0.15, 0.2) is 67.5 Å². The van der Waals surface area contributed by atoms with Crippen LogP contribution in [-0.2, 0) is 0 Å². The topological polar surface area (TPSA) is 71.7 Å². The zero-order chi connectivity index (χ0) is 17.1. The van der Waals surface area contributed by atoms with Gasteiger partial charge in [0.2, 0.25) is 5.43 Å². The highest BCUT2D eigenvalue weighted by Crippen LogP contribution is 2.13. The van der Waals surface area contributed by atoms with E-state index in [2.05, 4.69) is 26.5 Å². The Labute approximate surface area is 143 Å². The molecule has 0 spiro atoms. The number of benzene rings is 2. The van der Waals surface area contributed by atoms with Crippen molar-refractivity contribution < 1.29 is 13.6 Å². The molecule has 0 unspecified atom stereocenters. The number of rotatable bonds is 3. The Morgan fingerprint density at radius 2 is 2.08 bits per heavy atom. The Morgan fingerprint density at radius 3 is 2.88 bits per heavy atom. The second-order valence-electron chi connectivity index (χ2n) is 4.87. The molecule has 2 aromatic carbocycles. The fourth-order valence-corrected chi connectivity index (χ4v) is 2.46. The van der Waals surface area contributed by atoms with Gasteiger partial charge in [0.05, 0.1) is 17.2 Å². The fraction of sp³-hybridized carbons (Fsp3) is 0. The van der Waals surface area contributed by atoms with Crippen molar-refractivity contribution in [3.63, 3.8) is 0 Å². The molecule has 0 aliphatic rings. The van der Waals surface area contributed by atoms with Crippen LogP contribution in [0.3, 0.4) is 0 Å². The van der Waals surface area contributed by atoms with Crippen molar-refractivity contribution >= 4 is 39.0 Å². The average Bonchev–Trinajstić information content (AvgIpc) is 2.57. The highest BCUT2D eigenvalue weighted by atomic mass is 79.9. The molecule has 0 saturated heterocycles. The molecule has 3 aromatic rings. The van der Waals surface area contributed by atoms with Crippen molar-refractivity contribution in [3.8, 4) is 0 Å². The molecule has 0 aliphatic carbocycles. The van der Waals surface area contributed by atoms with E-state index >= 15 is 0 Å². The summed E-state index contributed by atoms with van der Waals surface area (Å²) in [5.74, 6) is -0.962. The van der Waals surface area contributed by atoms with E-state index in [1.165, 1.54) is 18.4 Å². The molecule has 0 radical (unpaired) electrons. The van der Waals surface area contributed by atoms with Crippen molar-refractivity contribution in [1.82, 2.24) is 5.43 Å². The van der Waals surface area contributed by atoms with Gasteiger partial charge in [0.15, 0.2) is 0 Å². The maximum atomic E-state index is 13.3. The maximum absolute atomic E-state index is 13.3. The van der Waals surface area contributed by atoms with E-state index in [0.717, 1.165) is 16.8 Å². The molecule has 0 bridgehead atoms. The van der Waals surface area contributed by atoms with Crippen LogP contribution in [0.25, 0.3) is 11.0 Å². The van der Waals surface area contributed by atoms with Crippen LogP contribution in [-0.4, -0.2) is 12.1 Å². The van der Waals surface area contributed by atoms with Gasteiger partial charge < -0.3 is 4.42 Å². The van der Waals surface area contributed by atoms with E-state index in [0.29, 0.717) is 5.56 Å². The highest BCUT2D eigenvalue weighted by molar-refractivity contribution is 9.10. The van der Waals surface area contributed by atoms with Crippen molar-refractivity contribution in [2.24, 2.45) is 5.10 Å². The zero-order valence-corrected chi connectivity index (χ0v) is 13.7. The number of hydrogen-bond acceptors (Lipinski definition) is 4. The average molecular weight is 389 g/mol. The van der Waals surface area contributed by atoms with Gasteiger partial charge in [-0.1, -0.05) is 22.0 Å². The number of nitrogens with one attached hydrogen (secondary N) is 1. The van der Waals surface area contributed by atoms with Crippen molar-refractivity contribution in [2.75, 3.05) is 0 Å². The quantitative estimate of drug-likeness (QED) is 0.551. The molecule has 1 N–H and O–H groups in total. The molecule has 0 atom stereocenters. The number of hydrogen-bond donors (Lipinski definition) is 1. The second kappa shape index (κ2) is 6.76. The van der Waals surface area contributed by atoms with Gasteiger partial charge in [-0.3, -0.25) is 9.59 Å². The molecule has 3 rings (SSSR count). The predicted molar refractivity (Wildman–Crippen MR) is 91.6 cm³/mol. The summed E-state index contributed by atoms with van der Waals surface area (Å²) in [6.45, 7) is 0. The summed E-state index contributed by atoms with van der Waals surface area (Å²) in [5, 5.41) is 3.85. The first kappa shape index (κ1) is 16.1. The van der Waals surface area contributed by atoms with Gasteiger partial charge in [0.25, 0.3) is 5.91 Å². The smallest absolute Gasteiger partial charge is 0.271 e. The summed E-state index contributed by atoms with van der Waals surface area (Å²) in [6, 6.07) is 10.5. The SMILES string of the molecule is O=C(N/N=C/c1coc2ccc(F)cc2c1=O)c1cccc(Br)c1. The molecule has 7 heteroatoms. The Kier molecular flexibility index (Phi) is 4.52. The first-order valence-electron chi connectivity index (χ1n) is 6.84. The van der Waals surface area contributed by atoms with Gasteiger partial charge >= 0.3 is 0 Å². The van der Waals surface area contributed by atoms with Crippen molar-refractivity contribution in [3.05, 3.63) is 80.4 Å². The summed E-state index contributed by atoms with van der Waals surface area (Å²) >= 11 is 3.27. The van der Waals surface area contributed by atoms with E-state index in [-0.39, 0.29) is 16.5 Å². The molecule has 1 aromatic heterocycles. The summed E-state index contributed by atoms with van der Waals surface area (Å²) in [5.41, 5.74) is 2.67. The first-order chi connectivity index (χ1) is 11.5. The molecule has 0 saturated carbocycles. The summed E-state index contributed by atoms with van der Waals surface area (Å²) in [4.78, 5) is 24.2. The Morgan fingerprint density at radius 1 is 1.25 bits per heavy atom. The summed E-state index contributed by atoms with van der Waals surface area (Å²) in [6.07, 6.45) is 2.36. The van der Waals surface area contributed by atoms with Crippen LogP contribution in [0.5, 0.6) is 0 Å². The molecular weight excluding hydrogens is 379 g/mol. The third-order valence-corrected chi connectivity index (χ3v) is 3.71. The Hall–Kier alpha value is -2.80. The monoisotopic (exact) mass is 388 g/mol. The molecule has 1 heterocycles. The minimum absolute atomic E-state index is 0.0997. The normalized spacial score (nSPS) is 11.1. The number of carbonyl (C=O) groups excluding carboxylic acids is 1. The van der Waals surface area contributed by atoms with Crippen LogP contribution in [0.2, 0.25) is 0 Å². The van der Waals surface area contributed by atoms with Gasteiger partial charge in [-0.15, -0.1) is 0 Å². The molecule has 0 fully saturated rings. The predicted octanol–water partition coefficient (Wildman–Crippen LogP) is 3.46. The number of nitrogens with zero attached hydrogens (tertiary/aromatic N) is 1. The lowest BCUT2D eigenvalue weighted by Gasteiger charge is -2.01. The maximum Gasteiger partial charge on any atom is 0.271 e. The third-order valence-electron chi connectivity index (χ3n) is 3.22. The standard InChI is InChI=1S/C17H10BrFN2O3/c18-12-3-1-2-10(6-12)17(23)21-20-8-11-9-24-15-5-4-13(19)7-14(15)16(11)22/h1-9H,(H,21,23)/b20-8+. The minimum atomic E-state index is -0.535. The lowest BCUT2D eigenvalue weighted by molar-refractivity contribution is 0.0955. The van der Waals surface area contributed by atoms with E-state index < -0.39 is 17.2 Å². The van der Waals surface area contributed by atoms with Crippen molar-refractivity contribution in [2.45, 2.75) is 0 Å². The van der Waals surface area contributed by atoms with Crippen LogP contribution >= 0.6 is 15.9 Å². The minimum Gasteiger partial charge on any atom is -0.463 e. The van der Waals surface area contributed by atoms with Crippen LogP contribution < -0.4 is 10.9 Å². The number of fused-ring (bicyclic) bond motifs is 1. The number of carbonyl (C=O) groups is 1. The lowest BCUT2D eigenvalue weighted by Crippen LogP contribution is -2.18. The molecule has 5 nitrogen and oxygen atoms in total. The molecule has 0 aliphatic heterocycles. The van der Waals surface area contributed by atoms with Gasteiger partial charge in [-0.25, -0.2) is 9.82 Å². The van der Waals surface area contributed by atoms with Gasteiger partial charge in [0, 0.05) is 10.0 Å². The first-order valence-corrected chi connectivity index (χ1v) is 7.64. The number of hydrazone groups is 1. The third kappa shape index (κ3) is 3.41. The van der Waals surface area contributed by atoms with Gasteiger partial charge in [-0.05, 0) is 36.4 Å². The van der Waals surface area contributed by atoms with E-state index in [9.17, 15) is 14.0 Å². The highest BCUT2D eigenvalue weighted by Gasteiger charge is 2.07. The van der Waals surface area contributed by atoms with E-state index in [1.54, 1.807) is 24.3 Å². The van der Waals surface area contributed by atoms with E-state index in [4.69, 9.17) is 4.42 Å². The fourth-order valence-electron chi connectivity index (χ4n) is 2.06. The van der Waals surface area contributed by atoms with Gasteiger partial charge in [0.1, 0.15) is 17.7 Å².